The van der Waals surface area contributed by atoms with Crippen LogP contribution in [-0.2, 0) is 9.59 Å². The van der Waals surface area contributed by atoms with Crippen molar-refractivity contribution in [3.05, 3.63) is 52.5 Å². The van der Waals surface area contributed by atoms with Crippen LogP contribution < -0.4 is 15.4 Å². The van der Waals surface area contributed by atoms with Gasteiger partial charge < -0.3 is 15.4 Å². The lowest BCUT2D eigenvalue weighted by molar-refractivity contribution is -0.122. The highest BCUT2D eigenvalue weighted by Crippen LogP contribution is 2.41. The molecule has 136 valence electrons. The zero-order valence-corrected chi connectivity index (χ0v) is 15.7. The Bertz CT molecular complexity index is 866. The van der Waals surface area contributed by atoms with E-state index in [1.807, 2.05) is 38.1 Å². The Kier molecular flexibility index (Phi) is 5.18. The van der Waals surface area contributed by atoms with Crippen LogP contribution in [0.3, 0.4) is 0 Å². The third kappa shape index (κ3) is 3.99. The number of hydrogen-bond acceptors (Lipinski definition) is 3. The molecule has 1 saturated carbocycles. The zero-order chi connectivity index (χ0) is 18.8. The molecule has 2 aromatic rings. The molecular formula is C20H21ClN2O3. The SMILES string of the molecule is COc1ccc(C)cc1NC(=O)C1CC1C(=O)Nc1ccc(C)c(Cl)c1. The van der Waals surface area contributed by atoms with E-state index in [9.17, 15) is 9.59 Å². The van der Waals surface area contributed by atoms with Gasteiger partial charge in [-0.15, -0.1) is 0 Å². The number of carbonyl (C=O) groups is 2. The minimum atomic E-state index is -0.332. The predicted molar refractivity (Wildman–Crippen MR) is 103 cm³/mol. The molecule has 26 heavy (non-hydrogen) atoms. The van der Waals surface area contributed by atoms with E-state index in [-0.39, 0.29) is 23.7 Å². The maximum absolute atomic E-state index is 12.5. The minimum Gasteiger partial charge on any atom is -0.495 e. The van der Waals surface area contributed by atoms with Crippen LogP contribution >= 0.6 is 11.6 Å². The van der Waals surface area contributed by atoms with Gasteiger partial charge in [0.25, 0.3) is 0 Å². The first kappa shape index (κ1) is 18.3. The molecule has 3 rings (SSSR count). The van der Waals surface area contributed by atoms with E-state index in [0.29, 0.717) is 28.6 Å². The molecular weight excluding hydrogens is 352 g/mol. The molecule has 0 heterocycles. The summed E-state index contributed by atoms with van der Waals surface area (Å²) in [6.45, 7) is 3.84. The van der Waals surface area contributed by atoms with Crippen LogP contribution in [0.1, 0.15) is 17.5 Å². The number of halogens is 1. The number of carbonyl (C=O) groups excluding carboxylic acids is 2. The van der Waals surface area contributed by atoms with Crippen molar-refractivity contribution < 1.29 is 14.3 Å². The first-order chi connectivity index (χ1) is 12.4. The highest BCUT2D eigenvalue weighted by molar-refractivity contribution is 6.31. The predicted octanol–water partition coefficient (Wildman–Crippen LogP) is 4.18. The van der Waals surface area contributed by atoms with Crippen LogP contribution in [0.25, 0.3) is 0 Å². The Morgan fingerprint density at radius 1 is 1.04 bits per heavy atom. The quantitative estimate of drug-likeness (QED) is 0.827. The summed E-state index contributed by atoms with van der Waals surface area (Å²) < 4.78 is 5.27. The van der Waals surface area contributed by atoms with Gasteiger partial charge in [-0.2, -0.15) is 0 Å². The molecule has 6 heteroatoms. The second-order valence-corrected chi connectivity index (χ2v) is 7.00. The number of ether oxygens (including phenoxy) is 1. The molecule has 2 aromatic carbocycles. The fourth-order valence-electron chi connectivity index (χ4n) is 2.83. The molecule has 1 aliphatic rings. The lowest BCUT2D eigenvalue weighted by Crippen LogP contribution is -2.20. The molecule has 5 nitrogen and oxygen atoms in total. The van der Waals surface area contributed by atoms with Crippen molar-refractivity contribution in [3.8, 4) is 5.75 Å². The van der Waals surface area contributed by atoms with E-state index in [2.05, 4.69) is 10.6 Å². The van der Waals surface area contributed by atoms with Gasteiger partial charge in [-0.3, -0.25) is 9.59 Å². The molecule has 0 radical (unpaired) electrons. The van der Waals surface area contributed by atoms with Crippen molar-refractivity contribution in [2.24, 2.45) is 11.8 Å². The van der Waals surface area contributed by atoms with E-state index >= 15 is 0 Å². The summed E-state index contributed by atoms with van der Waals surface area (Å²) in [4.78, 5) is 24.8. The Labute approximate surface area is 157 Å². The summed E-state index contributed by atoms with van der Waals surface area (Å²) in [6.07, 6.45) is 0.533. The zero-order valence-electron chi connectivity index (χ0n) is 14.9. The highest BCUT2D eigenvalue weighted by Gasteiger charge is 2.48. The molecule has 2 atom stereocenters. The summed E-state index contributed by atoms with van der Waals surface area (Å²) in [5.41, 5.74) is 3.22. The van der Waals surface area contributed by atoms with Crippen LogP contribution in [0.4, 0.5) is 11.4 Å². The third-order valence-electron chi connectivity index (χ3n) is 4.52. The largest absolute Gasteiger partial charge is 0.495 e. The number of methoxy groups -OCH3 is 1. The Balaban J connectivity index is 1.61. The topological polar surface area (TPSA) is 67.4 Å². The molecule has 2 unspecified atom stereocenters. The summed E-state index contributed by atoms with van der Waals surface area (Å²) in [7, 11) is 1.56. The summed E-state index contributed by atoms with van der Waals surface area (Å²) >= 11 is 6.08. The maximum Gasteiger partial charge on any atom is 0.228 e. The fraction of sp³-hybridized carbons (Fsp3) is 0.300. The van der Waals surface area contributed by atoms with Gasteiger partial charge in [0.05, 0.1) is 24.6 Å². The van der Waals surface area contributed by atoms with Crippen molar-refractivity contribution in [3.63, 3.8) is 0 Å². The number of benzene rings is 2. The second-order valence-electron chi connectivity index (χ2n) is 6.59. The lowest BCUT2D eigenvalue weighted by Gasteiger charge is -2.11. The normalized spacial score (nSPS) is 18.2. The van der Waals surface area contributed by atoms with Crippen LogP contribution in [-0.4, -0.2) is 18.9 Å². The van der Waals surface area contributed by atoms with Gasteiger partial charge in [-0.1, -0.05) is 23.7 Å². The maximum atomic E-state index is 12.5. The van der Waals surface area contributed by atoms with Gasteiger partial charge in [0.15, 0.2) is 0 Å². The molecule has 0 saturated heterocycles. The van der Waals surface area contributed by atoms with Crippen molar-refractivity contribution >= 4 is 34.8 Å². The van der Waals surface area contributed by atoms with Gasteiger partial charge in [0.1, 0.15) is 5.75 Å². The average molecular weight is 373 g/mol. The number of aryl methyl sites for hydroxylation is 2. The summed E-state index contributed by atoms with van der Waals surface area (Å²) in [5, 5.41) is 6.29. The second kappa shape index (κ2) is 7.38. The molecule has 1 fully saturated rings. The molecule has 1 aliphatic carbocycles. The van der Waals surface area contributed by atoms with Crippen molar-refractivity contribution in [2.45, 2.75) is 20.3 Å². The molecule has 0 aliphatic heterocycles. The van der Waals surface area contributed by atoms with E-state index in [0.717, 1.165) is 11.1 Å². The first-order valence-corrected chi connectivity index (χ1v) is 8.79. The minimum absolute atomic E-state index is 0.165. The Morgan fingerprint density at radius 2 is 1.73 bits per heavy atom. The van der Waals surface area contributed by atoms with Crippen LogP contribution in [0, 0.1) is 25.7 Å². The average Bonchev–Trinajstić information content (AvgIpc) is 3.39. The highest BCUT2D eigenvalue weighted by atomic mass is 35.5. The van der Waals surface area contributed by atoms with Crippen LogP contribution in [0.15, 0.2) is 36.4 Å². The Morgan fingerprint density at radius 3 is 2.38 bits per heavy atom. The van der Waals surface area contributed by atoms with Gasteiger partial charge >= 0.3 is 0 Å². The smallest absolute Gasteiger partial charge is 0.228 e. The van der Waals surface area contributed by atoms with Crippen LogP contribution in [0.5, 0.6) is 5.75 Å². The fourth-order valence-corrected chi connectivity index (χ4v) is 3.01. The van der Waals surface area contributed by atoms with Gasteiger partial charge in [0.2, 0.25) is 11.8 Å². The van der Waals surface area contributed by atoms with E-state index in [1.54, 1.807) is 19.2 Å². The van der Waals surface area contributed by atoms with E-state index in [4.69, 9.17) is 16.3 Å². The van der Waals surface area contributed by atoms with Gasteiger partial charge in [0, 0.05) is 10.7 Å². The first-order valence-electron chi connectivity index (χ1n) is 8.41. The number of amides is 2. The number of anilines is 2. The standard InChI is InChI=1S/C20H21ClN2O3/c1-11-4-7-18(26-3)17(8-11)23-20(25)15-10-14(15)19(24)22-13-6-5-12(2)16(21)9-13/h4-9,14-15H,10H2,1-3H3,(H,22,24)(H,23,25). The van der Waals surface area contributed by atoms with E-state index < -0.39 is 0 Å². The van der Waals surface area contributed by atoms with Crippen molar-refractivity contribution in [1.82, 2.24) is 0 Å². The van der Waals surface area contributed by atoms with Crippen molar-refractivity contribution in [1.29, 1.82) is 0 Å². The third-order valence-corrected chi connectivity index (χ3v) is 4.92. The summed E-state index contributed by atoms with van der Waals surface area (Å²) in [6, 6.07) is 10.9. The Hall–Kier alpha value is -2.53. The monoisotopic (exact) mass is 372 g/mol. The molecule has 0 bridgehead atoms. The van der Waals surface area contributed by atoms with Gasteiger partial charge in [-0.25, -0.2) is 0 Å². The number of hydrogen-bond donors (Lipinski definition) is 2. The molecule has 2 amide bonds. The number of rotatable bonds is 5. The molecule has 2 N–H and O–H groups in total. The molecule has 0 aromatic heterocycles. The van der Waals surface area contributed by atoms with Crippen LogP contribution in [0.2, 0.25) is 5.02 Å². The lowest BCUT2D eigenvalue weighted by atomic mass is 10.2. The summed E-state index contributed by atoms with van der Waals surface area (Å²) in [5.74, 6) is -0.399. The van der Waals surface area contributed by atoms with E-state index in [1.165, 1.54) is 0 Å². The van der Waals surface area contributed by atoms with Gasteiger partial charge in [-0.05, 0) is 55.7 Å². The van der Waals surface area contributed by atoms with Crippen molar-refractivity contribution in [2.75, 3.05) is 17.7 Å². The number of nitrogens with one attached hydrogen (secondary N) is 2. The molecule has 0 spiro atoms.